The second-order valence-corrected chi connectivity index (χ2v) is 5.23. The molecule has 0 spiro atoms. The molecule has 1 aromatic rings. The van der Waals surface area contributed by atoms with Crippen LogP contribution >= 0.6 is 24.0 Å². The highest BCUT2D eigenvalue weighted by atomic mass is 32.2. The van der Waals surface area contributed by atoms with Gasteiger partial charge in [-0.25, -0.2) is 0 Å². The van der Waals surface area contributed by atoms with Crippen LogP contribution < -0.4 is 4.90 Å². The summed E-state index contributed by atoms with van der Waals surface area (Å²) in [4.78, 5) is 12.3. The van der Waals surface area contributed by atoms with Gasteiger partial charge in [-0.05, 0) is 13.0 Å². The van der Waals surface area contributed by atoms with Crippen molar-refractivity contribution in [2.75, 3.05) is 10.7 Å². The van der Waals surface area contributed by atoms with Crippen molar-refractivity contribution < 1.29 is 4.92 Å². The van der Waals surface area contributed by atoms with Crippen molar-refractivity contribution in [1.29, 1.82) is 0 Å². The SMILES string of the molecule is CC1CSC(=S)N1c1cccc([N+](=O)[O-])c1. The number of rotatable bonds is 2. The fraction of sp³-hybridized carbons (Fsp3) is 0.300. The van der Waals surface area contributed by atoms with Crippen LogP contribution in [0.2, 0.25) is 0 Å². The highest BCUT2D eigenvalue weighted by Crippen LogP contribution is 2.31. The van der Waals surface area contributed by atoms with Crippen LogP contribution in [0.4, 0.5) is 11.4 Å². The van der Waals surface area contributed by atoms with Gasteiger partial charge in [0.05, 0.1) is 4.92 Å². The Morgan fingerprint density at radius 3 is 2.94 bits per heavy atom. The van der Waals surface area contributed by atoms with Crippen LogP contribution in [0, 0.1) is 10.1 Å². The summed E-state index contributed by atoms with van der Waals surface area (Å²) in [6.45, 7) is 2.06. The minimum absolute atomic E-state index is 0.101. The number of non-ortho nitro benzene ring substituents is 1. The molecule has 1 fully saturated rings. The first-order chi connectivity index (χ1) is 7.59. The Kier molecular flexibility index (Phi) is 3.11. The van der Waals surface area contributed by atoms with Gasteiger partial charge < -0.3 is 4.90 Å². The van der Waals surface area contributed by atoms with Crippen LogP contribution in [0.1, 0.15) is 6.92 Å². The summed E-state index contributed by atoms with van der Waals surface area (Å²) in [5, 5.41) is 10.7. The van der Waals surface area contributed by atoms with Crippen molar-refractivity contribution in [2.24, 2.45) is 0 Å². The smallest absolute Gasteiger partial charge is 0.271 e. The third-order valence-corrected chi connectivity index (χ3v) is 4.05. The topological polar surface area (TPSA) is 46.4 Å². The first-order valence-corrected chi connectivity index (χ1v) is 6.19. The first kappa shape index (κ1) is 11.3. The van der Waals surface area contributed by atoms with Crippen LogP contribution in [0.3, 0.4) is 0 Å². The Morgan fingerprint density at radius 1 is 1.62 bits per heavy atom. The molecule has 1 saturated heterocycles. The number of thiocarbonyl (C=S) groups is 1. The lowest BCUT2D eigenvalue weighted by Gasteiger charge is -2.22. The molecule has 6 heteroatoms. The van der Waals surface area contributed by atoms with Gasteiger partial charge in [-0.3, -0.25) is 10.1 Å². The molecule has 84 valence electrons. The summed E-state index contributed by atoms with van der Waals surface area (Å²) >= 11 is 6.84. The Morgan fingerprint density at radius 2 is 2.38 bits per heavy atom. The molecule has 0 aromatic heterocycles. The van der Waals surface area contributed by atoms with E-state index >= 15 is 0 Å². The molecule has 0 bridgehead atoms. The standard InChI is InChI=1S/C10H10N2O2S2/c1-7-6-16-10(15)11(7)8-3-2-4-9(5-8)12(13)14/h2-5,7H,6H2,1H3. The lowest BCUT2D eigenvalue weighted by atomic mass is 10.2. The molecule has 1 aliphatic heterocycles. The van der Waals surface area contributed by atoms with Crippen LogP contribution in [0.5, 0.6) is 0 Å². The van der Waals surface area contributed by atoms with E-state index in [0.29, 0.717) is 6.04 Å². The van der Waals surface area contributed by atoms with Crippen molar-refractivity contribution in [3.05, 3.63) is 34.4 Å². The molecule has 4 nitrogen and oxygen atoms in total. The average Bonchev–Trinajstić information content (AvgIpc) is 2.59. The highest BCUT2D eigenvalue weighted by molar-refractivity contribution is 8.23. The zero-order valence-corrected chi connectivity index (χ0v) is 10.3. The third-order valence-electron chi connectivity index (χ3n) is 2.40. The van der Waals surface area contributed by atoms with E-state index in [1.165, 1.54) is 6.07 Å². The zero-order chi connectivity index (χ0) is 11.7. The second-order valence-electron chi connectivity index (χ2n) is 3.57. The largest absolute Gasteiger partial charge is 0.323 e. The van der Waals surface area contributed by atoms with Crippen molar-refractivity contribution in [1.82, 2.24) is 0 Å². The summed E-state index contributed by atoms with van der Waals surface area (Å²) in [6.07, 6.45) is 0. The highest BCUT2D eigenvalue weighted by Gasteiger charge is 2.27. The van der Waals surface area contributed by atoms with Gasteiger partial charge in [-0.2, -0.15) is 0 Å². The number of anilines is 1. The van der Waals surface area contributed by atoms with Gasteiger partial charge in [-0.1, -0.05) is 30.0 Å². The molecule has 16 heavy (non-hydrogen) atoms. The van der Waals surface area contributed by atoms with Crippen molar-refractivity contribution in [3.63, 3.8) is 0 Å². The molecule has 1 atom stereocenters. The van der Waals surface area contributed by atoms with Crippen molar-refractivity contribution in [3.8, 4) is 0 Å². The van der Waals surface area contributed by atoms with Gasteiger partial charge in [0, 0.05) is 29.6 Å². The molecular formula is C10H10N2O2S2. The lowest BCUT2D eigenvalue weighted by Crippen LogP contribution is -2.30. The maximum Gasteiger partial charge on any atom is 0.271 e. The molecular weight excluding hydrogens is 244 g/mol. The van der Waals surface area contributed by atoms with Gasteiger partial charge in [0.15, 0.2) is 0 Å². The summed E-state index contributed by atoms with van der Waals surface area (Å²) in [5.74, 6) is 0.932. The van der Waals surface area contributed by atoms with Crippen LogP contribution in [-0.4, -0.2) is 21.0 Å². The minimum atomic E-state index is -0.388. The normalized spacial score (nSPS) is 20.2. The fourth-order valence-electron chi connectivity index (χ4n) is 1.63. The van der Waals surface area contributed by atoms with E-state index in [9.17, 15) is 10.1 Å². The van der Waals surface area contributed by atoms with Gasteiger partial charge in [0.1, 0.15) is 4.32 Å². The van der Waals surface area contributed by atoms with Gasteiger partial charge >= 0.3 is 0 Å². The number of benzene rings is 1. The number of nitro groups is 1. The van der Waals surface area contributed by atoms with Crippen LogP contribution in [-0.2, 0) is 0 Å². The van der Waals surface area contributed by atoms with E-state index in [0.717, 1.165) is 15.8 Å². The summed E-state index contributed by atoms with van der Waals surface area (Å²) in [7, 11) is 0. The lowest BCUT2D eigenvalue weighted by molar-refractivity contribution is -0.384. The molecule has 0 radical (unpaired) electrons. The number of hydrogen-bond acceptors (Lipinski definition) is 4. The van der Waals surface area contributed by atoms with Crippen molar-refractivity contribution in [2.45, 2.75) is 13.0 Å². The van der Waals surface area contributed by atoms with E-state index in [2.05, 4.69) is 6.92 Å². The van der Waals surface area contributed by atoms with E-state index in [1.807, 2.05) is 11.0 Å². The summed E-state index contributed by atoms with van der Waals surface area (Å²) in [6, 6.07) is 6.88. The fourth-order valence-corrected chi connectivity index (χ4v) is 3.08. The Balaban J connectivity index is 2.36. The first-order valence-electron chi connectivity index (χ1n) is 4.80. The summed E-state index contributed by atoms with van der Waals surface area (Å²) < 4.78 is 0.785. The van der Waals surface area contributed by atoms with Gasteiger partial charge in [-0.15, -0.1) is 0 Å². The van der Waals surface area contributed by atoms with E-state index in [-0.39, 0.29) is 10.6 Å². The number of nitrogens with zero attached hydrogens (tertiary/aromatic N) is 2. The molecule has 0 aliphatic carbocycles. The summed E-state index contributed by atoms with van der Waals surface area (Å²) in [5.41, 5.74) is 0.904. The average molecular weight is 254 g/mol. The minimum Gasteiger partial charge on any atom is -0.323 e. The number of nitro benzene ring substituents is 1. The molecule has 0 amide bonds. The van der Waals surface area contributed by atoms with E-state index in [1.54, 1.807) is 23.9 Å². The molecule has 1 heterocycles. The molecule has 1 aliphatic rings. The molecule has 2 rings (SSSR count). The maximum absolute atomic E-state index is 10.7. The van der Waals surface area contributed by atoms with E-state index < -0.39 is 0 Å². The predicted molar refractivity (Wildman–Crippen MR) is 70.1 cm³/mol. The van der Waals surface area contributed by atoms with Crippen molar-refractivity contribution >= 4 is 39.7 Å². The quantitative estimate of drug-likeness (QED) is 0.461. The molecule has 1 unspecified atom stereocenters. The molecule has 0 N–H and O–H groups in total. The monoisotopic (exact) mass is 254 g/mol. The number of hydrogen-bond donors (Lipinski definition) is 0. The molecule has 1 aromatic carbocycles. The maximum atomic E-state index is 10.7. The Bertz CT molecular complexity index is 450. The third kappa shape index (κ3) is 2.03. The van der Waals surface area contributed by atoms with Crippen LogP contribution in [0.25, 0.3) is 0 Å². The Labute approximate surface area is 103 Å². The predicted octanol–water partition coefficient (Wildman–Crippen LogP) is 2.82. The number of thioether (sulfide) groups is 1. The van der Waals surface area contributed by atoms with Crippen LogP contribution in [0.15, 0.2) is 24.3 Å². The molecule has 0 saturated carbocycles. The second kappa shape index (κ2) is 4.39. The zero-order valence-electron chi connectivity index (χ0n) is 8.62. The van der Waals surface area contributed by atoms with E-state index in [4.69, 9.17) is 12.2 Å². The Hall–Kier alpha value is -1.14. The van der Waals surface area contributed by atoms with Gasteiger partial charge in [0.25, 0.3) is 5.69 Å². The van der Waals surface area contributed by atoms with Gasteiger partial charge in [0.2, 0.25) is 0 Å².